The van der Waals surface area contributed by atoms with E-state index in [-0.39, 0.29) is 0 Å². The summed E-state index contributed by atoms with van der Waals surface area (Å²) in [5.74, 6) is 0.716. The predicted octanol–water partition coefficient (Wildman–Crippen LogP) is 4.94. The Morgan fingerprint density at radius 3 is 2.43 bits per heavy atom. The van der Waals surface area contributed by atoms with Gasteiger partial charge in [0.15, 0.2) is 0 Å². The maximum Gasteiger partial charge on any atom is 0.101 e. The van der Waals surface area contributed by atoms with E-state index in [1.807, 2.05) is 55.5 Å². The highest BCUT2D eigenvalue weighted by atomic mass is 35.5. The number of rotatable bonds is 6. The third kappa shape index (κ3) is 3.89. The molecule has 0 bridgehead atoms. The quantitative estimate of drug-likeness (QED) is 0.773. The Hall–Kier alpha value is -1.06. The molecule has 2 atom stereocenters. The molecule has 1 aliphatic carbocycles. The molecule has 122 valence electrons. The smallest absolute Gasteiger partial charge is 0.101 e. The van der Waals surface area contributed by atoms with Crippen molar-refractivity contribution in [2.75, 3.05) is 6.54 Å². The Labute approximate surface area is 147 Å². The molecule has 1 saturated carbocycles. The van der Waals surface area contributed by atoms with Gasteiger partial charge in [0, 0.05) is 10.0 Å². The minimum absolute atomic E-state index is 0.599. The van der Waals surface area contributed by atoms with E-state index in [1.165, 1.54) is 12.8 Å². The largest absolute Gasteiger partial charge is 0.386 e. The number of hydrogen-bond donors (Lipinski definition) is 2. The van der Waals surface area contributed by atoms with Crippen molar-refractivity contribution in [3.63, 3.8) is 0 Å². The second-order valence-corrected chi connectivity index (χ2v) is 7.36. The summed E-state index contributed by atoms with van der Waals surface area (Å²) in [5, 5.41) is 16.0. The molecule has 0 saturated heterocycles. The van der Waals surface area contributed by atoms with Crippen molar-refractivity contribution in [2.24, 2.45) is 5.92 Å². The molecule has 0 amide bonds. The Kier molecular flexibility index (Phi) is 4.98. The summed E-state index contributed by atoms with van der Waals surface area (Å²) >= 11 is 12.1. The van der Waals surface area contributed by atoms with Crippen LogP contribution in [0.5, 0.6) is 0 Å². The molecule has 3 rings (SSSR count). The first kappa shape index (κ1) is 16.8. The SMILES string of the molecule is C[C@@](NCC1CC1)(c1ccc(Cl)cc1)[C@H](O)c1cccc(Cl)c1. The van der Waals surface area contributed by atoms with Gasteiger partial charge in [-0.2, -0.15) is 0 Å². The summed E-state index contributed by atoms with van der Waals surface area (Å²) in [7, 11) is 0. The fourth-order valence-corrected chi connectivity index (χ4v) is 3.17. The van der Waals surface area contributed by atoms with E-state index >= 15 is 0 Å². The third-order valence-electron chi connectivity index (χ3n) is 4.61. The van der Waals surface area contributed by atoms with E-state index < -0.39 is 11.6 Å². The first-order valence-electron chi connectivity index (χ1n) is 7.93. The lowest BCUT2D eigenvalue weighted by molar-refractivity contribution is 0.0666. The van der Waals surface area contributed by atoms with Crippen LogP contribution in [0, 0.1) is 5.92 Å². The maximum absolute atomic E-state index is 11.1. The first-order chi connectivity index (χ1) is 11.0. The zero-order valence-electron chi connectivity index (χ0n) is 13.1. The van der Waals surface area contributed by atoms with Crippen LogP contribution in [-0.2, 0) is 5.54 Å². The number of nitrogens with one attached hydrogen (secondary N) is 1. The Bertz CT molecular complexity index is 669. The van der Waals surface area contributed by atoms with Crippen molar-refractivity contribution in [2.45, 2.75) is 31.4 Å². The molecule has 23 heavy (non-hydrogen) atoms. The van der Waals surface area contributed by atoms with Crippen molar-refractivity contribution in [3.05, 3.63) is 69.7 Å². The molecule has 2 nitrogen and oxygen atoms in total. The minimum atomic E-state index is -0.707. The van der Waals surface area contributed by atoms with Crippen LogP contribution in [0.3, 0.4) is 0 Å². The molecular weight excluding hydrogens is 329 g/mol. The number of benzene rings is 2. The standard InChI is InChI=1S/C19H21Cl2NO/c1-19(22-12-13-5-6-13,15-7-9-16(20)10-8-15)18(23)14-3-2-4-17(21)11-14/h2-4,7-11,13,18,22-23H,5-6,12H2,1H3/t18-,19-/m1/s1. The molecule has 1 fully saturated rings. The van der Waals surface area contributed by atoms with Crippen LogP contribution in [0.2, 0.25) is 10.0 Å². The van der Waals surface area contributed by atoms with Crippen LogP contribution in [0.1, 0.15) is 37.0 Å². The fourth-order valence-electron chi connectivity index (χ4n) is 2.84. The summed E-state index contributed by atoms with van der Waals surface area (Å²) in [4.78, 5) is 0. The van der Waals surface area contributed by atoms with Crippen LogP contribution in [0.25, 0.3) is 0 Å². The van der Waals surface area contributed by atoms with E-state index in [0.29, 0.717) is 16.0 Å². The van der Waals surface area contributed by atoms with Gasteiger partial charge in [0.05, 0.1) is 5.54 Å². The van der Waals surface area contributed by atoms with Crippen molar-refractivity contribution < 1.29 is 5.11 Å². The third-order valence-corrected chi connectivity index (χ3v) is 5.10. The van der Waals surface area contributed by atoms with E-state index in [9.17, 15) is 5.11 Å². The molecule has 2 aromatic carbocycles. The predicted molar refractivity (Wildman–Crippen MR) is 95.9 cm³/mol. The highest BCUT2D eigenvalue weighted by molar-refractivity contribution is 6.30. The monoisotopic (exact) mass is 349 g/mol. The molecule has 0 unspecified atom stereocenters. The minimum Gasteiger partial charge on any atom is -0.386 e. The number of halogens is 2. The summed E-state index contributed by atoms with van der Waals surface area (Å²) in [5.41, 5.74) is 1.21. The van der Waals surface area contributed by atoms with E-state index in [2.05, 4.69) is 5.32 Å². The number of aliphatic hydroxyl groups is 1. The van der Waals surface area contributed by atoms with Gasteiger partial charge >= 0.3 is 0 Å². The molecule has 0 aromatic heterocycles. The second-order valence-electron chi connectivity index (χ2n) is 6.49. The van der Waals surface area contributed by atoms with Crippen molar-refractivity contribution >= 4 is 23.2 Å². The zero-order valence-corrected chi connectivity index (χ0v) is 14.6. The Morgan fingerprint density at radius 1 is 1.13 bits per heavy atom. The lowest BCUT2D eigenvalue weighted by Gasteiger charge is -2.37. The van der Waals surface area contributed by atoms with E-state index in [4.69, 9.17) is 23.2 Å². The average molecular weight is 350 g/mol. The van der Waals surface area contributed by atoms with Gasteiger partial charge in [0.2, 0.25) is 0 Å². The lowest BCUT2D eigenvalue weighted by Crippen LogP contribution is -2.45. The van der Waals surface area contributed by atoms with Gasteiger partial charge in [-0.15, -0.1) is 0 Å². The van der Waals surface area contributed by atoms with Crippen molar-refractivity contribution in [1.29, 1.82) is 0 Å². The molecular formula is C19H21Cl2NO. The first-order valence-corrected chi connectivity index (χ1v) is 8.69. The van der Waals surface area contributed by atoms with Crippen LogP contribution >= 0.6 is 23.2 Å². The van der Waals surface area contributed by atoms with Crippen LogP contribution in [-0.4, -0.2) is 11.7 Å². The summed E-state index contributed by atoms with van der Waals surface area (Å²) in [6, 6.07) is 15.1. The molecule has 0 radical (unpaired) electrons. The van der Waals surface area contributed by atoms with Crippen molar-refractivity contribution in [3.8, 4) is 0 Å². The van der Waals surface area contributed by atoms with Gasteiger partial charge in [-0.1, -0.05) is 47.5 Å². The molecule has 2 aromatic rings. The fraction of sp³-hybridized carbons (Fsp3) is 0.368. The molecule has 0 spiro atoms. The van der Waals surface area contributed by atoms with Gasteiger partial charge in [-0.05, 0) is 67.6 Å². The lowest BCUT2D eigenvalue weighted by atomic mass is 9.82. The second kappa shape index (κ2) is 6.82. The topological polar surface area (TPSA) is 32.3 Å². The molecule has 0 aliphatic heterocycles. The highest BCUT2D eigenvalue weighted by Crippen LogP contribution is 2.38. The number of hydrogen-bond acceptors (Lipinski definition) is 2. The van der Waals surface area contributed by atoms with Gasteiger partial charge < -0.3 is 10.4 Å². The molecule has 1 aliphatic rings. The number of aliphatic hydroxyl groups excluding tert-OH is 1. The average Bonchev–Trinajstić information content (AvgIpc) is 3.37. The molecule has 0 heterocycles. The maximum atomic E-state index is 11.1. The van der Waals surface area contributed by atoms with E-state index in [1.54, 1.807) is 0 Å². The Balaban J connectivity index is 1.94. The summed E-state index contributed by atoms with van der Waals surface area (Å²) in [6.07, 6.45) is 1.81. The van der Waals surface area contributed by atoms with Crippen LogP contribution in [0.4, 0.5) is 0 Å². The highest BCUT2D eigenvalue weighted by Gasteiger charge is 2.37. The van der Waals surface area contributed by atoms with Gasteiger partial charge in [0.1, 0.15) is 6.10 Å². The van der Waals surface area contributed by atoms with Crippen molar-refractivity contribution in [1.82, 2.24) is 5.32 Å². The molecule has 4 heteroatoms. The summed E-state index contributed by atoms with van der Waals surface area (Å²) in [6.45, 7) is 2.93. The molecule has 2 N–H and O–H groups in total. The van der Waals surface area contributed by atoms with Crippen LogP contribution in [0.15, 0.2) is 48.5 Å². The van der Waals surface area contributed by atoms with Gasteiger partial charge in [-0.3, -0.25) is 0 Å². The summed E-state index contributed by atoms with van der Waals surface area (Å²) < 4.78 is 0. The zero-order chi connectivity index (χ0) is 16.4. The van der Waals surface area contributed by atoms with Crippen LogP contribution < -0.4 is 5.32 Å². The van der Waals surface area contributed by atoms with E-state index in [0.717, 1.165) is 17.7 Å². The van der Waals surface area contributed by atoms with Gasteiger partial charge in [-0.25, -0.2) is 0 Å². The Morgan fingerprint density at radius 2 is 1.83 bits per heavy atom. The van der Waals surface area contributed by atoms with Gasteiger partial charge in [0.25, 0.3) is 0 Å². The normalized spacial score (nSPS) is 18.4.